The third-order valence-corrected chi connectivity index (χ3v) is 3.74. The summed E-state index contributed by atoms with van der Waals surface area (Å²) in [5, 5.41) is 22.5. The van der Waals surface area contributed by atoms with E-state index >= 15 is 0 Å². The number of carboxylic acids is 1. The van der Waals surface area contributed by atoms with Crippen LogP contribution in [0.25, 0.3) is 10.8 Å². The Hall–Kier alpha value is -2.87. The number of rotatable bonds is 6. The summed E-state index contributed by atoms with van der Waals surface area (Å²) >= 11 is 0. The van der Waals surface area contributed by atoms with E-state index in [1.807, 2.05) is 48.5 Å². The Morgan fingerprint density at radius 2 is 1.91 bits per heavy atom. The summed E-state index contributed by atoms with van der Waals surface area (Å²) in [5.41, 5.74) is 0.818. The fourth-order valence-corrected chi connectivity index (χ4v) is 2.47. The number of carbonyl (C=O) groups excluding carboxylic acids is 1. The van der Waals surface area contributed by atoms with Gasteiger partial charge in [0.2, 0.25) is 5.91 Å². The predicted molar refractivity (Wildman–Crippen MR) is 86.6 cm³/mol. The molecule has 23 heavy (non-hydrogen) atoms. The molecule has 0 aliphatic carbocycles. The maximum atomic E-state index is 12.1. The van der Waals surface area contributed by atoms with E-state index in [9.17, 15) is 14.7 Å². The summed E-state index contributed by atoms with van der Waals surface area (Å²) in [6, 6.07) is 14.4. The van der Waals surface area contributed by atoms with Crippen LogP contribution in [0.15, 0.2) is 42.5 Å². The highest BCUT2D eigenvalue weighted by molar-refractivity contribution is 5.87. The molecule has 5 nitrogen and oxygen atoms in total. The Labute approximate surface area is 134 Å². The summed E-state index contributed by atoms with van der Waals surface area (Å²) in [5.74, 6) is -1.94. The number of carboxylic acid groups (broad SMARTS) is 1. The van der Waals surface area contributed by atoms with E-state index in [0.717, 1.165) is 16.3 Å². The molecule has 118 valence electrons. The highest BCUT2D eigenvalue weighted by atomic mass is 16.4. The molecule has 2 aromatic carbocycles. The second kappa shape index (κ2) is 7.41. The number of amides is 1. The molecule has 2 N–H and O–H groups in total. The lowest BCUT2D eigenvalue weighted by Gasteiger charge is -2.19. The van der Waals surface area contributed by atoms with Gasteiger partial charge < -0.3 is 10.4 Å². The summed E-state index contributed by atoms with van der Waals surface area (Å²) < 4.78 is 0. The number of hydrogen-bond acceptors (Lipinski definition) is 3. The molecule has 0 spiro atoms. The summed E-state index contributed by atoms with van der Waals surface area (Å²) in [4.78, 5) is 23.4. The van der Waals surface area contributed by atoms with E-state index in [1.54, 1.807) is 6.92 Å². The Balaban J connectivity index is 2.07. The standard InChI is InChI=1S/C18H18N2O3/c1-12(8-9-19)17(18(22)23)20-16(21)11-13-6-7-14-4-2-3-5-15(14)10-13/h2-7,10,12,17H,8,11H2,1H3,(H,20,21)(H,22,23)/t12-,17-/m1/s1. The first kappa shape index (κ1) is 16.5. The quantitative estimate of drug-likeness (QED) is 0.857. The minimum atomic E-state index is -1.13. The van der Waals surface area contributed by atoms with Crippen molar-refractivity contribution in [3.05, 3.63) is 48.0 Å². The summed E-state index contributed by atoms with van der Waals surface area (Å²) in [6.07, 6.45) is 0.182. The summed E-state index contributed by atoms with van der Waals surface area (Å²) in [7, 11) is 0. The molecule has 0 heterocycles. The third-order valence-electron chi connectivity index (χ3n) is 3.74. The minimum Gasteiger partial charge on any atom is -0.480 e. The lowest BCUT2D eigenvalue weighted by molar-refractivity contribution is -0.143. The van der Waals surface area contributed by atoms with Crippen LogP contribution in [0.1, 0.15) is 18.9 Å². The molecule has 0 radical (unpaired) electrons. The number of nitriles is 1. The van der Waals surface area contributed by atoms with Gasteiger partial charge in [-0.2, -0.15) is 5.26 Å². The van der Waals surface area contributed by atoms with Crippen molar-refractivity contribution in [3.8, 4) is 6.07 Å². The van der Waals surface area contributed by atoms with E-state index in [2.05, 4.69) is 5.32 Å². The van der Waals surface area contributed by atoms with Crippen molar-refractivity contribution in [2.24, 2.45) is 5.92 Å². The zero-order chi connectivity index (χ0) is 16.8. The highest BCUT2D eigenvalue weighted by Gasteiger charge is 2.26. The van der Waals surface area contributed by atoms with Gasteiger partial charge in [0, 0.05) is 12.3 Å². The largest absolute Gasteiger partial charge is 0.480 e. The number of nitrogens with one attached hydrogen (secondary N) is 1. The number of fused-ring (bicyclic) bond motifs is 1. The van der Waals surface area contributed by atoms with Crippen molar-refractivity contribution in [2.75, 3.05) is 0 Å². The van der Waals surface area contributed by atoms with Crippen LogP contribution >= 0.6 is 0 Å². The zero-order valence-corrected chi connectivity index (χ0v) is 12.8. The average molecular weight is 310 g/mol. The molecule has 2 aromatic rings. The van der Waals surface area contributed by atoms with Crippen molar-refractivity contribution in [1.29, 1.82) is 5.26 Å². The van der Waals surface area contributed by atoms with E-state index in [1.165, 1.54) is 0 Å². The normalized spacial score (nSPS) is 13.0. The van der Waals surface area contributed by atoms with E-state index in [-0.39, 0.29) is 18.7 Å². The van der Waals surface area contributed by atoms with Gasteiger partial charge >= 0.3 is 5.97 Å². The van der Waals surface area contributed by atoms with Crippen LogP contribution in [0, 0.1) is 17.2 Å². The molecule has 1 amide bonds. The Morgan fingerprint density at radius 1 is 1.22 bits per heavy atom. The first-order valence-corrected chi connectivity index (χ1v) is 7.38. The first-order chi connectivity index (χ1) is 11.0. The van der Waals surface area contributed by atoms with Crippen LogP contribution in [0.5, 0.6) is 0 Å². The Kier molecular flexibility index (Phi) is 5.32. The van der Waals surface area contributed by atoms with Crippen molar-refractivity contribution < 1.29 is 14.7 Å². The van der Waals surface area contributed by atoms with E-state index in [0.29, 0.717) is 0 Å². The van der Waals surface area contributed by atoms with Gasteiger partial charge in [-0.3, -0.25) is 4.79 Å². The molecule has 0 bridgehead atoms. The average Bonchev–Trinajstić information content (AvgIpc) is 2.52. The van der Waals surface area contributed by atoms with Gasteiger partial charge in [0.05, 0.1) is 12.5 Å². The van der Waals surface area contributed by atoms with Gasteiger partial charge in [-0.15, -0.1) is 0 Å². The van der Waals surface area contributed by atoms with Crippen LogP contribution in [0.2, 0.25) is 0 Å². The molecular weight excluding hydrogens is 292 g/mol. The van der Waals surface area contributed by atoms with Crippen molar-refractivity contribution in [3.63, 3.8) is 0 Å². The number of benzene rings is 2. The SMILES string of the molecule is C[C@H](CC#N)[C@@H](NC(=O)Cc1ccc2ccccc2c1)C(=O)O. The smallest absolute Gasteiger partial charge is 0.326 e. The molecule has 0 aliphatic heterocycles. The van der Waals surface area contributed by atoms with Gasteiger partial charge in [-0.25, -0.2) is 4.79 Å². The van der Waals surface area contributed by atoms with Gasteiger partial charge in [0.15, 0.2) is 0 Å². The number of carbonyl (C=O) groups is 2. The second-order valence-electron chi connectivity index (χ2n) is 5.58. The van der Waals surface area contributed by atoms with E-state index < -0.39 is 17.9 Å². The molecule has 0 aromatic heterocycles. The molecule has 2 atom stereocenters. The molecule has 0 saturated heterocycles. The van der Waals surface area contributed by atoms with Crippen LogP contribution in [0.3, 0.4) is 0 Å². The van der Waals surface area contributed by atoms with Gasteiger partial charge in [-0.05, 0) is 16.3 Å². The van der Waals surface area contributed by atoms with Gasteiger partial charge in [-0.1, -0.05) is 49.4 Å². The molecule has 5 heteroatoms. The number of aliphatic carboxylic acids is 1. The van der Waals surface area contributed by atoms with Crippen molar-refractivity contribution in [1.82, 2.24) is 5.32 Å². The predicted octanol–water partition coefficient (Wildman–Crippen LogP) is 2.50. The van der Waals surface area contributed by atoms with Crippen molar-refractivity contribution >= 4 is 22.6 Å². The maximum absolute atomic E-state index is 12.1. The molecule has 0 saturated carbocycles. The van der Waals surface area contributed by atoms with Gasteiger partial charge in [0.1, 0.15) is 6.04 Å². The molecule has 0 aliphatic rings. The molecule has 0 unspecified atom stereocenters. The fraction of sp³-hybridized carbons (Fsp3) is 0.278. The zero-order valence-electron chi connectivity index (χ0n) is 12.8. The Morgan fingerprint density at radius 3 is 2.57 bits per heavy atom. The van der Waals surface area contributed by atoms with Gasteiger partial charge in [0.25, 0.3) is 0 Å². The molecule has 2 rings (SSSR count). The first-order valence-electron chi connectivity index (χ1n) is 7.38. The monoisotopic (exact) mass is 310 g/mol. The fourth-order valence-electron chi connectivity index (χ4n) is 2.47. The van der Waals surface area contributed by atoms with E-state index in [4.69, 9.17) is 5.26 Å². The third kappa shape index (κ3) is 4.30. The molecule has 0 fully saturated rings. The lowest BCUT2D eigenvalue weighted by Crippen LogP contribution is -2.45. The number of nitrogens with zero attached hydrogens (tertiary/aromatic N) is 1. The highest BCUT2D eigenvalue weighted by Crippen LogP contribution is 2.16. The van der Waals surface area contributed by atoms with Crippen LogP contribution < -0.4 is 5.32 Å². The van der Waals surface area contributed by atoms with Crippen LogP contribution in [0.4, 0.5) is 0 Å². The van der Waals surface area contributed by atoms with Crippen LogP contribution in [-0.2, 0) is 16.0 Å². The summed E-state index contributed by atoms with van der Waals surface area (Å²) in [6.45, 7) is 1.64. The Bertz CT molecular complexity index is 764. The molecular formula is C18H18N2O3. The van der Waals surface area contributed by atoms with Crippen molar-refractivity contribution in [2.45, 2.75) is 25.8 Å². The lowest BCUT2D eigenvalue weighted by atomic mass is 9.98. The minimum absolute atomic E-state index is 0.0766. The topological polar surface area (TPSA) is 90.2 Å². The maximum Gasteiger partial charge on any atom is 0.326 e. The number of hydrogen-bond donors (Lipinski definition) is 2. The van der Waals surface area contributed by atoms with Crippen LogP contribution in [-0.4, -0.2) is 23.0 Å². The second-order valence-corrected chi connectivity index (χ2v) is 5.58.